The van der Waals surface area contributed by atoms with Crippen molar-refractivity contribution in [3.8, 4) is 0 Å². The van der Waals surface area contributed by atoms with Gasteiger partial charge in [-0.15, -0.1) is 0 Å². The van der Waals surface area contributed by atoms with Crippen molar-refractivity contribution in [2.75, 3.05) is 7.05 Å². The zero-order valence-electron chi connectivity index (χ0n) is 21.2. The third kappa shape index (κ3) is 16.9. The lowest BCUT2D eigenvalue weighted by atomic mass is 10.0. The number of carboxylic acids is 4. The highest BCUT2D eigenvalue weighted by Gasteiger charge is 2.38. The van der Waals surface area contributed by atoms with Gasteiger partial charge in [-0.25, -0.2) is 19.2 Å². The predicted molar refractivity (Wildman–Crippen MR) is 126 cm³/mol. The van der Waals surface area contributed by atoms with Crippen LogP contribution in [0.3, 0.4) is 0 Å². The minimum atomic E-state index is -2.36. The first kappa shape index (κ1) is 39.8. The van der Waals surface area contributed by atoms with Crippen molar-refractivity contribution >= 4 is 23.9 Å². The molecule has 0 aromatic heterocycles. The number of hydrogen-bond donors (Lipinski definition) is 13. The molecule has 0 heterocycles. The summed E-state index contributed by atoms with van der Waals surface area (Å²) < 4.78 is 0. The average molecular weight is 562 g/mol. The van der Waals surface area contributed by atoms with Crippen LogP contribution in [0, 0.1) is 0 Å². The van der Waals surface area contributed by atoms with Gasteiger partial charge in [-0.05, 0) is 40.7 Å². The van der Waals surface area contributed by atoms with Gasteiger partial charge in [-0.1, -0.05) is 11.6 Å². The molecule has 0 spiro atoms. The fourth-order valence-corrected chi connectivity index (χ4v) is 2.10. The molecule has 0 fully saturated rings. The molecule has 0 saturated carbocycles. The van der Waals surface area contributed by atoms with Crippen LogP contribution in [0.15, 0.2) is 11.6 Å². The smallest absolute Gasteiger partial charge is 0.335 e. The highest BCUT2D eigenvalue weighted by atomic mass is 16.4. The van der Waals surface area contributed by atoms with E-state index in [9.17, 15) is 19.2 Å². The number of aliphatic carboxylic acids is 4. The second-order valence-electron chi connectivity index (χ2n) is 8.14. The third-order valence-electron chi connectivity index (χ3n) is 4.65. The van der Waals surface area contributed by atoms with Crippen molar-refractivity contribution in [3.05, 3.63) is 11.6 Å². The standard InChI is InChI=1S/C9H19N.2C6H10O8/c1-8(2)6-5-7-9(3)10-4;2*7-1(3(9)5(11)12)2(8)4(10)6(13)14/h6,9-10H,5,7H2,1-4H3;2*1-4,7-10H,(H,11,12)(H,13,14). The maximum absolute atomic E-state index is 10.1. The van der Waals surface area contributed by atoms with Crippen LogP contribution in [0.4, 0.5) is 0 Å². The monoisotopic (exact) mass is 561 g/mol. The van der Waals surface area contributed by atoms with Crippen LogP contribution >= 0.6 is 0 Å². The maximum Gasteiger partial charge on any atom is 0.335 e. The SMILES string of the molecule is CNC(C)CCC=C(C)C.O=C(O)C(O)C(O)C(O)C(O)C(=O)O.O=C(O)C(O)C(O)C(O)C(O)C(=O)O. The Balaban J connectivity index is -0.000000492. The van der Waals surface area contributed by atoms with Crippen LogP contribution in [-0.4, -0.2) is 147 Å². The van der Waals surface area contributed by atoms with Crippen molar-refractivity contribution < 1.29 is 80.5 Å². The van der Waals surface area contributed by atoms with Gasteiger partial charge in [0.2, 0.25) is 0 Å². The number of allylic oxidation sites excluding steroid dienone is 2. The van der Waals surface area contributed by atoms with Crippen LogP contribution < -0.4 is 5.32 Å². The van der Waals surface area contributed by atoms with Gasteiger partial charge in [0.05, 0.1) is 0 Å². The summed E-state index contributed by atoms with van der Waals surface area (Å²) in [6.07, 6.45) is -13.8. The molecule has 9 unspecified atom stereocenters. The summed E-state index contributed by atoms with van der Waals surface area (Å²) in [7, 11) is 2.01. The summed E-state index contributed by atoms with van der Waals surface area (Å²) in [5.74, 6) is -7.36. The lowest BCUT2D eigenvalue weighted by molar-refractivity contribution is -0.172. The fraction of sp³-hybridized carbons (Fsp3) is 0.714. The Kier molecular flexibility index (Phi) is 21.2. The second-order valence-corrected chi connectivity index (χ2v) is 8.14. The maximum atomic E-state index is 10.1. The summed E-state index contributed by atoms with van der Waals surface area (Å²) in [4.78, 5) is 40.3. The van der Waals surface area contributed by atoms with Crippen LogP contribution in [0.2, 0.25) is 0 Å². The third-order valence-corrected chi connectivity index (χ3v) is 4.65. The van der Waals surface area contributed by atoms with E-state index in [1.807, 2.05) is 7.05 Å². The Hall–Kier alpha value is -2.74. The molecule has 0 aliphatic carbocycles. The van der Waals surface area contributed by atoms with Gasteiger partial charge in [0.15, 0.2) is 24.4 Å². The van der Waals surface area contributed by atoms with Crippen molar-refractivity contribution in [2.45, 2.75) is 88.5 Å². The van der Waals surface area contributed by atoms with Gasteiger partial charge in [0, 0.05) is 6.04 Å². The zero-order valence-corrected chi connectivity index (χ0v) is 21.2. The Morgan fingerprint density at radius 2 is 0.842 bits per heavy atom. The largest absolute Gasteiger partial charge is 0.479 e. The van der Waals surface area contributed by atoms with Crippen molar-refractivity contribution in [1.82, 2.24) is 5.32 Å². The molecule has 0 aliphatic rings. The van der Waals surface area contributed by atoms with E-state index in [4.69, 9.17) is 61.3 Å². The molecular formula is C21H39NO16. The molecule has 0 rings (SSSR count). The Labute approximate surface area is 217 Å². The van der Waals surface area contributed by atoms with Crippen molar-refractivity contribution in [3.63, 3.8) is 0 Å². The van der Waals surface area contributed by atoms with Gasteiger partial charge >= 0.3 is 23.9 Å². The summed E-state index contributed by atoms with van der Waals surface area (Å²) in [6.45, 7) is 6.49. The molecule has 0 aromatic rings. The minimum Gasteiger partial charge on any atom is -0.479 e. The first-order chi connectivity index (χ1) is 17.2. The Bertz CT molecular complexity index is 660. The summed E-state index contributed by atoms with van der Waals surface area (Å²) in [5.41, 5.74) is 1.42. The van der Waals surface area contributed by atoms with Crippen LogP contribution in [0.25, 0.3) is 0 Å². The Morgan fingerprint density at radius 3 is 1.00 bits per heavy atom. The molecule has 0 radical (unpaired) electrons. The van der Waals surface area contributed by atoms with Crippen LogP contribution in [0.5, 0.6) is 0 Å². The zero-order chi connectivity index (χ0) is 30.9. The number of hydrogen-bond acceptors (Lipinski definition) is 13. The topological polar surface area (TPSA) is 323 Å². The number of carbonyl (C=O) groups is 4. The van der Waals surface area contributed by atoms with Crippen molar-refractivity contribution in [1.29, 1.82) is 0 Å². The summed E-state index contributed by atoms with van der Waals surface area (Å²) in [5, 5.41) is 106. The molecule has 224 valence electrons. The first-order valence-corrected chi connectivity index (χ1v) is 10.9. The number of nitrogens with one attached hydrogen (secondary N) is 1. The highest BCUT2D eigenvalue weighted by Crippen LogP contribution is 2.06. The summed E-state index contributed by atoms with van der Waals surface area (Å²) in [6, 6.07) is 0.649. The molecule has 0 saturated heterocycles. The molecule has 38 heavy (non-hydrogen) atoms. The van der Waals surface area contributed by atoms with Gasteiger partial charge in [-0.2, -0.15) is 0 Å². The quantitative estimate of drug-likeness (QED) is 0.0889. The van der Waals surface area contributed by atoms with E-state index >= 15 is 0 Å². The van der Waals surface area contributed by atoms with E-state index in [2.05, 4.69) is 32.2 Å². The van der Waals surface area contributed by atoms with E-state index in [1.165, 1.54) is 18.4 Å². The number of aliphatic hydroxyl groups excluding tert-OH is 8. The molecule has 13 N–H and O–H groups in total. The predicted octanol–water partition coefficient (Wildman–Crippen LogP) is -4.46. The molecule has 9 atom stereocenters. The van der Waals surface area contributed by atoms with E-state index in [1.54, 1.807) is 0 Å². The van der Waals surface area contributed by atoms with Gasteiger partial charge in [0.25, 0.3) is 0 Å². The lowest BCUT2D eigenvalue weighted by Crippen LogP contribution is -2.49. The second kappa shape index (κ2) is 20.3. The molecule has 0 aromatic carbocycles. The van der Waals surface area contributed by atoms with E-state index in [0.717, 1.165) is 0 Å². The highest BCUT2D eigenvalue weighted by molar-refractivity contribution is 5.75. The normalized spacial score (nSPS) is 17.7. The number of rotatable bonds is 14. The average Bonchev–Trinajstić information content (AvgIpc) is 2.84. The van der Waals surface area contributed by atoms with E-state index in [-0.39, 0.29) is 0 Å². The Morgan fingerprint density at radius 1 is 0.605 bits per heavy atom. The molecule has 0 amide bonds. The van der Waals surface area contributed by atoms with Crippen LogP contribution in [0.1, 0.15) is 33.6 Å². The first-order valence-electron chi connectivity index (χ1n) is 10.9. The van der Waals surface area contributed by atoms with Gasteiger partial charge in [-0.3, -0.25) is 0 Å². The lowest BCUT2D eigenvalue weighted by Gasteiger charge is -2.21. The van der Waals surface area contributed by atoms with E-state index < -0.39 is 72.7 Å². The molecule has 17 nitrogen and oxygen atoms in total. The number of carboxylic acid groups (broad SMARTS) is 4. The molecule has 0 bridgehead atoms. The fourth-order valence-electron chi connectivity index (χ4n) is 2.10. The molecule has 17 heteroatoms. The van der Waals surface area contributed by atoms with Gasteiger partial charge < -0.3 is 66.6 Å². The van der Waals surface area contributed by atoms with Crippen LogP contribution in [-0.2, 0) is 19.2 Å². The van der Waals surface area contributed by atoms with Gasteiger partial charge in [0.1, 0.15) is 24.4 Å². The molecular weight excluding hydrogens is 522 g/mol. The number of aliphatic hydroxyl groups is 8. The molecule has 0 aliphatic heterocycles. The minimum absolute atomic E-state index is 0.649. The summed E-state index contributed by atoms with van der Waals surface area (Å²) >= 11 is 0. The van der Waals surface area contributed by atoms with Crippen molar-refractivity contribution in [2.24, 2.45) is 0 Å². The van der Waals surface area contributed by atoms with E-state index in [0.29, 0.717) is 6.04 Å².